The van der Waals surface area contributed by atoms with Crippen LogP contribution in [0.1, 0.15) is 32.6 Å². The molecule has 2 atom stereocenters. The molecular weight excluding hydrogens is 254 g/mol. The number of nitrogens with zero attached hydrogens (tertiary/aromatic N) is 1. The zero-order valence-corrected chi connectivity index (χ0v) is 12.0. The Balaban J connectivity index is 1.60. The van der Waals surface area contributed by atoms with Crippen LogP contribution in [0.15, 0.2) is 24.5 Å². The van der Waals surface area contributed by atoms with Crippen molar-refractivity contribution in [1.29, 1.82) is 0 Å². The molecule has 0 unspecified atom stereocenters. The first-order valence-corrected chi connectivity index (χ1v) is 7.32. The van der Waals surface area contributed by atoms with Gasteiger partial charge in [0.25, 0.3) is 0 Å². The van der Waals surface area contributed by atoms with Gasteiger partial charge in [-0.05, 0) is 30.9 Å². The number of carbonyl (C=O) groups excluding carboxylic acids is 1. The minimum absolute atomic E-state index is 0.224. The fourth-order valence-electron chi connectivity index (χ4n) is 2.52. The fourth-order valence-corrected chi connectivity index (χ4v) is 2.52. The summed E-state index contributed by atoms with van der Waals surface area (Å²) >= 11 is 0. The summed E-state index contributed by atoms with van der Waals surface area (Å²) in [5, 5.41) is 5.50. The Morgan fingerprint density at radius 3 is 3.05 bits per heavy atom. The third-order valence-corrected chi connectivity index (χ3v) is 3.67. The van der Waals surface area contributed by atoms with Gasteiger partial charge in [0, 0.05) is 12.7 Å². The van der Waals surface area contributed by atoms with Crippen molar-refractivity contribution in [3.8, 4) is 0 Å². The van der Waals surface area contributed by atoms with E-state index in [0.717, 1.165) is 6.42 Å². The van der Waals surface area contributed by atoms with Crippen LogP contribution in [0.4, 0.5) is 10.5 Å². The van der Waals surface area contributed by atoms with Gasteiger partial charge in [-0.1, -0.05) is 19.8 Å². The summed E-state index contributed by atoms with van der Waals surface area (Å²) in [6.07, 6.45) is 8.59. The Bertz CT molecular complexity index is 411. The predicted octanol–water partition coefficient (Wildman–Crippen LogP) is 2.80. The van der Waals surface area contributed by atoms with Crippen molar-refractivity contribution < 1.29 is 9.53 Å². The molecular formula is C15H23N3O2. The number of nitrogens with one attached hydrogen (secondary N) is 2. The molecule has 5 nitrogen and oxygen atoms in total. The Labute approximate surface area is 120 Å². The van der Waals surface area contributed by atoms with Crippen molar-refractivity contribution in [2.45, 2.75) is 38.7 Å². The van der Waals surface area contributed by atoms with Crippen LogP contribution in [0.3, 0.4) is 0 Å². The van der Waals surface area contributed by atoms with E-state index in [0.29, 0.717) is 30.9 Å². The second-order valence-corrected chi connectivity index (χ2v) is 5.29. The number of amides is 2. The minimum Gasteiger partial charge on any atom is -0.376 e. The van der Waals surface area contributed by atoms with E-state index >= 15 is 0 Å². The first kappa shape index (κ1) is 14.8. The maximum Gasteiger partial charge on any atom is 0.319 e. The van der Waals surface area contributed by atoms with E-state index in [-0.39, 0.29) is 6.03 Å². The Hall–Kier alpha value is -1.62. The van der Waals surface area contributed by atoms with E-state index in [1.54, 1.807) is 24.5 Å². The molecule has 1 aromatic rings. The van der Waals surface area contributed by atoms with E-state index in [4.69, 9.17) is 4.74 Å². The van der Waals surface area contributed by atoms with Gasteiger partial charge in [0.15, 0.2) is 0 Å². The van der Waals surface area contributed by atoms with Crippen molar-refractivity contribution in [3.63, 3.8) is 0 Å². The summed E-state index contributed by atoms with van der Waals surface area (Å²) < 4.78 is 5.84. The highest BCUT2D eigenvalue weighted by atomic mass is 16.5. The molecule has 1 saturated carbocycles. The Morgan fingerprint density at radius 2 is 2.30 bits per heavy atom. The van der Waals surface area contributed by atoms with Gasteiger partial charge in [-0.3, -0.25) is 4.98 Å². The highest BCUT2D eigenvalue weighted by molar-refractivity contribution is 5.88. The quantitative estimate of drug-likeness (QED) is 0.813. The first-order valence-electron chi connectivity index (χ1n) is 7.32. The average molecular weight is 277 g/mol. The smallest absolute Gasteiger partial charge is 0.319 e. The van der Waals surface area contributed by atoms with Crippen molar-refractivity contribution in [2.24, 2.45) is 5.92 Å². The van der Waals surface area contributed by atoms with Gasteiger partial charge >= 0.3 is 6.03 Å². The molecule has 20 heavy (non-hydrogen) atoms. The largest absolute Gasteiger partial charge is 0.376 e. The number of hydrogen-bond acceptors (Lipinski definition) is 3. The Morgan fingerprint density at radius 1 is 1.45 bits per heavy atom. The molecule has 0 saturated heterocycles. The van der Waals surface area contributed by atoms with Crippen molar-refractivity contribution >= 4 is 11.7 Å². The third kappa shape index (κ3) is 4.81. The van der Waals surface area contributed by atoms with Crippen LogP contribution in [0, 0.1) is 5.92 Å². The van der Waals surface area contributed by atoms with Gasteiger partial charge in [0.05, 0.1) is 24.6 Å². The van der Waals surface area contributed by atoms with E-state index in [9.17, 15) is 4.79 Å². The molecule has 0 radical (unpaired) electrons. The van der Waals surface area contributed by atoms with E-state index < -0.39 is 0 Å². The molecule has 2 N–H and O–H groups in total. The molecule has 1 fully saturated rings. The third-order valence-electron chi connectivity index (χ3n) is 3.67. The molecule has 0 aliphatic heterocycles. The summed E-state index contributed by atoms with van der Waals surface area (Å²) in [5.41, 5.74) is 0.687. The minimum atomic E-state index is -0.224. The molecule has 110 valence electrons. The number of hydrogen-bond donors (Lipinski definition) is 2. The molecule has 1 heterocycles. The van der Waals surface area contributed by atoms with E-state index in [2.05, 4.69) is 22.5 Å². The number of pyridine rings is 1. The number of urea groups is 1. The highest BCUT2D eigenvalue weighted by Gasteiger charge is 2.21. The van der Waals surface area contributed by atoms with Crippen LogP contribution in [0.5, 0.6) is 0 Å². The first-order chi connectivity index (χ1) is 9.75. The normalized spacial score (nSPS) is 22.2. The number of ether oxygens (including phenoxy) is 1. The monoisotopic (exact) mass is 277 g/mol. The standard InChI is InChI=1S/C15H23N3O2/c1-12-5-2-3-7-14(12)20-10-9-17-15(19)18-13-6-4-8-16-11-13/h4,6,8,11-12,14H,2-3,5,7,9-10H2,1H3,(H2,17,18,19)/t12-,14+/m1/s1. The van der Waals surface area contributed by atoms with Crippen molar-refractivity contribution in [1.82, 2.24) is 10.3 Å². The molecule has 0 bridgehead atoms. The van der Waals surface area contributed by atoms with Gasteiger partial charge in [-0.15, -0.1) is 0 Å². The zero-order chi connectivity index (χ0) is 14.2. The SMILES string of the molecule is C[C@@H]1CCCC[C@@H]1OCCNC(=O)Nc1cccnc1. The van der Waals surface area contributed by atoms with Gasteiger partial charge in [0.1, 0.15) is 0 Å². The summed E-state index contributed by atoms with van der Waals surface area (Å²) in [7, 11) is 0. The summed E-state index contributed by atoms with van der Waals surface area (Å²) in [5.74, 6) is 0.632. The second kappa shape index (κ2) is 7.85. The molecule has 1 aromatic heterocycles. The molecule has 1 aliphatic carbocycles. The lowest BCUT2D eigenvalue weighted by Gasteiger charge is -2.28. The van der Waals surface area contributed by atoms with Crippen molar-refractivity contribution in [2.75, 3.05) is 18.5 Å². The maximum atomic E-state index is 11.6. The molecule has 2 amide bonds. The van der Waals surface area contributed by atoms with Gasteiger partial charge < -0.3 is 15.4 Å². The summed E-state index contributed by atoms with van der Waals surface area (Å²) in [4.78, 5) is 15.6. The summed E-state index contributed by atoms with van der Waals surface area (Å²) in [6, 6.07) is 3.36. The zero-order valence-electron chi connectivity index (χ0n) is 12.0. The molecule has 5 heteroatoms. The number of carbonyl (C=O) groups is 1. The van der Waals surface area contributed by atoms with Crippen molar-refractivity contribution in [3.05, 3.63) is 24.5 Å². The summed E-state index contributed by atoms with van der Waals surface area (Å²) in [6.45, 7) is 3.33. The lowest BCUT2D eigenvalue weighted by atomic mass is 9.88. The highest BCUT2D eigenvalue weighted by Crippen LogP contribution is 2.25. The second-order valence-electron chi connectivity index (χ2n) is 5.29. The fraction of sp³-hybridized carbons (Fsp3) is 0.600. The van der Waals surface area contributed by atoms with Gasteiger partial charge in [-0.25, -0.2) is 4.79 Å². The average Bonchev–Trinajstić information content (AvgIpc) is 2.46. The number of rotatable bonds is 5. The lowest BCUT2D eigenvalue weighted by molar-refractivity contribution is -0.00232. The van der Waals surface area contributed by atoms with Crippen LogP contribution >= 0.6 is 0 Å². The molecule has 0 spiro atoms. The van der Waals surface area contributed by atoms with Crippen LogP contribution in [-0.2, 0) is 4.74 Å². The molecule has 0 aromatic carbocycles. The maximum absolute atomic E-state index is 11.6. The van der Waals surface area contributed by atoms with Crippen LogP contribution in [0.2, 0.25) is 0 Å². The van der Waals surface area contributed by atoms with Crippen LogP contribution in [0.25, 0.3) is 0 Å². The van der Waals surface area contributed by atoms with Crippen LogP contribution < -0.4 is 10.6 Å². The van der Waals surface area contributed by atoms with E-state index in [1.165, 1.54) is 19.3 Å². The van der Waals surface area contributed by atoms with Gasteiger partial charge in [-0.2, -0.15) is 0 Å². The van der Waals surface area contributed by atoms with E-state index in [1.807, 2.05) is 0 Å². The Kier molecular flexibility index (Phi) is 5.80. The molecule has 1 aliphatic rings. The topological polar surface area (TPSA) is 63.2 Å². The van der Waals surface area contributed by atoms with Crippen LogP contribution in [-0.4, -0.2) is 30.3 Å². The molecule has 2 rings (SSSR count). The van der Waals surface area contributed by atoms with Gasteiger partial charge in [0.2, 0.25) is 0 Å². The number of anilines is 1. The lowest BCUT2D eigenvalue weighted by Crippen LogP contribution is -2.34. The predicted molar refractivity (Wildman–Crippen MR) is 78.6 cm³/mol. The number of aromatic nitrogens is 1.